The number of nitrogens with zero attached hydrogens (tertiary/aromatic N) is 11. The molecular weight excluding hydrogens is 781 g/mol. The van der Waals surface area contributed by atoms with Crippen LogP contribution in [0.15, 0.2) is 135 Å². The first-order chi connectivity index (χ1) is 28.3. The molecule has 4 heterocycles. The lowest BCUT2D eigenvalue weighted by Crippen LogP contribution is -2.30. The van der Waals surface area contributed by atoms with Gasteiger partial charge in [0.25, 0.3) is 0 Å². The summed E-state index contributed by atoms with van der Waals surface area (Å²) in [6, 6.07) is 25.2. The van der Waals surface area contributed by atoms with Crippen molar-refractivity contribution in [2.45, 2.75) is 25.2 Å². The Morgan fingerprint density at radius 3 is 1.49 bits per heavy atom. The van der Waals surface area contributed by atoms with Gasteiger partial charge in [-0.25, -0.2) is 19.9 Å². The molecule has 0 aliphatic carbocycles. The van der Waals surface area contributed by atoms with Gasteiger partial charge in [-0.05, 0) is 69.8 Å². The number of alkyl halides is 6. The van der Waals surface area contributed by atoms with E-state index in [-0.39, 0.29) is 0 Å². The second-order valence-electron chi connectivity index (χ2n) is 12.3. The fraction of sp³-hybridized carbons (Fsp3) is 0.105. The molecule has 14 nitrogen and oxygen atoms in total. The van der Waals surface area contributed by atoms with Crippen LogP contribution in [0.5, 0.6) is 0 Å². The van der Waals surface area contributed by atoms with Gasteiger partial charge >= 0.3 is 19.5 Å². The number of H-pyrrole nitrogens is 1. The predicted molar refractivity (Wildman–Crippen MR) is 200 cm³/mol. The van der Waals surface area contributed by atoms with Gasteiger partial charge in [-0.15, -0.1) is 25.2 Å². The second kappa shape index (κ2) is 18.8. The first kappa shape index (κ1) is 41.4. The highest BCUT2D eigenvalue weighted by atomic mass is 19.4. The fourth-order valence-electron chi connectivity index (χ4n) is 5.39. The summed E-state index contributed by atoms with van der Waals surface area (Å²) in [7, 11) is -1.47. The van der Waals surface area contributed by atoms with Crippen molar-refractivity contribution in [1.29, 1.82) is 0 Å². The Kier molecular flexibility index (Phi) is 13.2. The smallest absolute Gasteiger partial charge is 0.423 e. The normalized spacial score (nSPS) is 11.2. The molecule has 0 atom stereocenters. The van der Waals surface area contributed by atoms with Crippen LogP contribution in [-0.2, 0) is 25.2 Å². The number of nitrogens with one attached hydrogen (secondary N) is 1. The Bertz CT molecular complexity index is 2510. The number of rotatable bonds is 8. The van der Waals surface area contributed by atoms with Gasteiger partial charge in [-0.3, -0.25) is 0 Å². The maximum atomic E-state index is 12.7. The molecule has 0 saturated heterocycles. The van der Waals surface area contributed by atoms with Crippen LogP contribution in [0.25, 0.3) is 28.5 Å². The van der Waals surface area contributed by atoms with Crippen LogP contribution < -0.4 is 5.46 Å². The first-order valence-corrected chi connectivity index (χ1v) is 17.2. The van der Waals surface area contributed by atoms with Crippen LogP contribution >= 0.6 is 0 Å². The van der Waals surface area contributed by atoms with Gasteiger partial charge in [0.15, 0.2) is 0 Å². The van der Waals surface area contributed by atoms with E-state index < -0.39 is 30.6 Å². The zero-order chi connectivity index (χ0) is 41.8. The third-order valence-corrected chi connectivity index (χ3v) is 8.28. The fourth-order valence-corrected chi connectivity index (χ4v) is 5.39. The van der Waals surface area contributed by atoms with Crippen LogP contribution in [-0.4, -0.2) is 77.9 Å². The molecule has 0 aliphatic rings. The molecule has 0 radical (unpaired) electrons. The van der Waals surface area contributed by atoms with Crippen molar-refractivity contribution in [1.82, 2.24) is 60.8 Å². The quantitative estimate of drug-likeness (QED) is 0.132. The molecule has 21 heteroatoms. The third-order valence-electron chi connectivity index (χ3n) is 8.28. The average Bonchev–Trinajstić information content (AvgIpc) is 3.97. The Morgan fingerprint density at radius 1 is 0.576 bits per heavy atom. The Hall–Kier alpha value is -7.26. The van der Waals surface area contributed by atoms with Crippen molar-refractivity contribution in [2.24, 2.45) is 0 Å². The van der Waals surface area contributed by atoms with Crippen molar-refractivity contribution >= 4 is 12.6 Å². The molecule has 0 saturated carbocycles. The topological polar surface area (TPSA) is 190 Å². The zero-order valence-electron chi connectivity index (χ0n) is 30.3. The summed E-state index contributed by atoms with van der Waals surface area (Å²) in [5.74, 6) is 0.869. The van der Waals surface area contributed by atoms with E-state index in [4.69, 9.17) is 10.0 Å². The number of benzene rings is 4. The molecule has 0 amide bonds. The standard InChI is InChI=1S/C19H13F3N6.C15H11F3N4.C4H5BN2O2/c20-19(21,22)15-7-5-13(6-8-15)9-14-3-1-2-4-17(14)18-25-27-28(26-18)16-10-23-12-24-11-16;16-15(17,18)12-7-5-10(6-8-12)9-11-3-1-2-4-13(11)14-19-21-22-20-14;8-5(9)4-1-6-3-7-2-4/h1-8,10-12H,9H2;1-8H,9H2,(H,19,20,21,22);1-3,8-9H. The highest BCUT2D eigenvalue weighted by Gasteiger charge is 2.30. The van der Waals surface area contributed by atoms with Gasteiger partial charge in [-0.2, -0.15) is 31.6 Å². The molecular formula is C38H29BF6N12O2. The van der Waals surface area contributed by atoms with E-state index in [1.807, 2.05) is 48.5 Å². The Balaban J connectivity index is 0.000000167. The van der Waals surface area contributed by atoms with Crippen molar-refractivity contribution in [2.75, 3.05) is 0 Å². The van der Waals surface area contributed by atoms with E-state index in [1.54, 1.807) is 12.4 Å². The predicted octanol–water partition coefficient (Wildman–Crippen LogP) is 5.36. The summed E-state index contributed by atoms with van der Waals surface area (Å²) in [4.78, 5) is 16.3. The summed E-state index contributed by atoms with van der Waals surface area (Å²) >= 11 is 0. The number of hydrogen-bond donors (Lipinski definition) is 3. The summed E-state index contributed by atoms with van der Waals surface area (Å²) in [5, 5.41) is 43.3. The Morgan fingerprint density at radius 2 is 1.05 bits per heavy atom. The van der Waals surface area contributed by atoms with Gasteiger partial charge in [0.2, 0.25) is 11.6 Å². The summed E-state index contributed by atoms with van der Waals surface area (Å²) in [6.45, 7) is 0. The van der Waals surface area contributed by atoms with Crippen LogP contribution in [0.4, 0.5) is 26.3 Å². The van der Waals surface area contributed by atoms with Gasteiger partial charge < -0.3 is 10.0 Å². The SMILES string of the molecule is FC(F)(F)c1ccc(Cc2ccccc2-c2nn[nH]n2)cc1.FC(F)(F)c1ccc(Cc2ccccc2-c2nnn(-c3cncnc3)n2)cc1.OB(O)c1cncnc1. The highest BCUT2D eigenvalue weighted by molar-refractivity contribution is 6.58. The summed E-state index contributed by atoms with van der Waals surface area (Å²) in [5.41, 5.74) is 4.45. The molecule has 0 fully saturated rings. The van der Waals surface area contributed by atoms with E-state index in [9.17, 15) is 26.3 Å². The van der Waals surface area contributed by atoms with Crippen LogP contribution in [0.2, 0.25) is 0 Å². The number of aromatic amines is 1. The van der Waals surface area contributed by atoms with Gasteiger partial charge in [-0.1, -0.05) is 72.8 Å². The number of aromatic nitrogens is 12. The van der Waals surface area contributed by atoms with E-state index in [0.717, 1.165) is 57.6 Å². The third kappa shape index (κ3) is 11.4. The van der Waals surface area contributed by atoms with E-state index in [1.165, 1.54) is 54.1 Å². The minimum Gasteiger partial charge on any atom is -0.423 e. The minimum absolute atomic E-state index is 0.303. The molecule has 8 rings (SSSR count). The first-order valence-electron chi connectivity index (χ1n) is 17.2. The van der Waals surface area contributed by atoms with E-state index >= 15 is 0 Å². The summed E-state index contributed by atoms with van der Waals surface area (Å²) < 4.78 is 75.9. The maximum absolute atomic E-state index is 12.7. The van der Waals surface area contributed by atoms with Crippen molar-refractivity contribution < 1.29 is 36.4 Å². The van der Waals surface area contributed by atoms with Crippen LogP contribution in [0.1, 0.15) is 33.4 Å². The molecule has 298 valence electrons. The molecule has 3 N–H and O–H groups in total. The van der Waals surface area contributed by atoms with Crippen molar-refractivity contribution in [3.05, 3.63) is 168 Å². The minimum atomic E-state index is -4.35. The Labute approximate surface area is 330 Å². The van der Waals surface area contributed by atoms with E-state index in [2.05, 4.69) is 56.0 Å². The molecule has 0 unspecified atom stereocenters. The number of hydrogen-bond acceptors (Lipinski definition) is 12. The van der Waals surface area contributed by atoms with E-state index in [0.29, 0.717) is 35.6 Å². The molecule has 0 spiro atoms. The lowest BCUT2D eigenvalue weighted by atomic mass is 9.83. The molecule has 4 aromatic heterocycles. The van der Waals surface area contributed by atoms with Crippen LogP contribution in [0, 0.1) is 0 Å². The zero-order valence-corrected chi connectivity index (χ0v) is 30.3. The number of tetrazole rings is 2. The van der Waals surface area contributed by atoms with Gasteiger partial charge in [0.05, 0.1) is 23.5 Å². The van der Waals surface area contributed by atoms with Gasteiger partial charge in [0.1, 0.15) is 18.3 Å². The second-order valence-corrected chi connectivity index (χ2v) is 12.3. The van der Waals surface area contributed by atoms with Crippen LogP contribution in [0.3, 0.4) is 0 Å². The summed E-state index contributed by atoms with van der Waals surface area (Å²) in [6.07, 6.45) is 0.808. The monoisotopic (exact) mass is 810 g/mol. The van der Waals surface area contributed by atoms with Crippen molar-refractivity contribution in [3.8, 4) is 28.5 Å². The molecule has 0 aliphatic heterocycles. The number of halogens is 6. The largest absolute Gasteiger partial charge is 0.491 e. The lowest BCUT2D eigenvalue weighted by molar-refractivity contribution is -0.138. The highest BCUT2D eigenvalue weighted by Crippen LogP contribution is 2.31. The van der Waals surface area contributed by atoms with Gasteiger partial charge in [0, 0.05) is 29.0 Å². The molecule has 8 aromatic rings. The average molecular weight is 811 g/mol. The lowest BCUT2D eigenvalue weighted by Gasteiger charge is -2.09. The molecule has 59 heavy (non-hydrogen) atoms. The molecule has 4 aromatic carbocycles. The van der Waals surface area contributed by atoms with Crippen molar-refractivity contribution in [3.63, 3.8) is 0 Å². The maximum Gasteiger partial charge on any atom is 0.491 e. The molecule has 0 bridgehead atoms.